The van der Waals surface area contributed by atoms with Gasteiger partial charge >= 0.3 is 46.6 Å². The van der Waals surface area contributed by atoms with Crippen molar-refractivity contribution in [1.82, 2.24) is 0 Å². The SMILES string of the molecule is O=C([O-])C(=O)[O-].[Cu+2].[Na+]. The summed E-state index contributed by atoms with van der Waals surface area (Å²) in [4.78, 5) is 17.9. The van der Waals surface area contributed by atoms with Crippen molar-refractivity contribution in [1.29, 1.82) is 0 Å². The zero-order valence-corrected chi connectivity index (χ0v) is 6.88. The normalized spacial score (nSPS) is 5.50. The third kappa shape index (κ3) is 9.68. The van der Waals surface area contributed by atoms with Gasteiger partial charge in [0.05, 0.1) is 11.9 Å². The molecule has 0 atom stereocenters. The zero-order valence-electron chi connectivity index (χ0n) is 3.93. The Morgan fingerprint density at radius 3 is 1.12 bits per heavy atom. The fourth-order valence-corrected chi connectivity index (χ4v) is 0. The van der Waals surface area contributed by atoms with Gasteiger partial charge in [0.1, 0.15) is 0 Å². The molecule has 8 heavy (non-hydrogen) atoms. The predicted octanol–water partition coefficient (Wildman–Crippen LogP) is -6.51. The van der Waals surface area contributed by atoms with Crippen molar-refractivity contribution in [3.05, 3.63) is 0 Å². The van der Waals surface area contributed by atoms with Gasteiger partial charge in [-0.15, -0.1) is 0 Å². The molecule has 0 N–H and O–H groups in total. The first-order valence-corrected chi connectivity index (χ1v) is 1.07. The van der Waals surface area contributed by atoms with Crippen molar-refractivity contribution < 1.29 is 66.4 Å². The summed E-state index contributed by atoms with van der Waals surface area (Å²) >= 11 is 0. The quantitative estimate of drug-likeness (QED) is 0.270. The van der Waals surface area contributed by atoms with E-state index in [1.807, 2.05) is 0 Å². The topological polar surface area (TPSA) is 80.3 Å². The van der Waals surface area contributed by atoms with E-state index in [1.54, 1.807) is 0 Å². The number of carboxylic acid groups (broad SMARTS) is 2. The Morgan fingerprint density at radius 2 is 1.12 bits per heavy atom. The third-order valence-electron chi connectivity index (χ3n) is 0.167. The number of hydrogen-bond acceptors (Lipinski definition) is 4. The summed E-state index contributed by atoms with van der Waals surface area (Å²) in [5.41, 5.74) is 0. The molecule has 0 unspecified atom stereocenters. The molecule has 1 radical (unpaired) electrons. The Hall–Kier alpha value is 0.459. The van der Waals surface area contributed by atoms with Crippen LogP contribution in [0.2, 0.25) is 0 Å². The Balaban J connectivity index is -0.000000125. The second kappa shape index (κ2) is 7.46. The van der Waals surface area contributed by atoms with Gasteiger partial charge in [0.15, 0.2) is 0 Å². The summed E-state index contributed by atoms with van der Waals surface area (Å²) in [6, 6.07) is 0. The molecule has 0 aliphatic rings. The largest absolute Gasteiger partial charge is 2.00 e. The molecule has 6 heteroatoms. The van der Waals surface area contributed by atoms with Crippen LogP contribution in [0.1, 0.15) is 0 Å². The maximum atomic E-state index is 8.93. The molecule has 0 amide bonds. The van der Waals surface area contributed by atoms with Gasteiger partial charge in [-0.25, -0.2) is 0 Å². The molecule has 0 saturated heterocycles. The number of aliphatic carboxylic acids is 2. The molecule has 0 aromatic heterocycles. The van der Waals surface area contributed by atoms with E-state index in [9.17, 15) is 0 Å². The molecule has 4 nitrogen and oxygen atoms in total. The Bertz CT molecular complexity index is 80.0. The van der Waals surface area contributed by atoms with E-state index in [0.29, 0.717) is 0 Å². The maximum Gasteiger partial charge on any atom is 2.00 e. The molecule has 0 heterocycles. The number of hydrogen-bond donors (Lipinski definition) is 0. The molecule has 0 aromatic carbocycles. The van der Waals surface area contributed by atoms with Crippen molar-refractivity contribution in [3.8, 4) is 0 Å². The monoisotopic (exact) mass is 174 g/mol. The number of carbonyl (C=O) groups excluding carboxylic acids is 2. The van der Waals surface area contributed by atoms with Crippen LogP contribution < -0.4 is 39.8 Å². The van der Waals surface area contributed by atoms with Crippen LogP contribution in [0.3, 0.4) is 0 Å². The second-order valence-electron chi connectivity index (χ2n) is 0.575. The molecule has 0 rings (SSSR count). The zero-order chi connectivity index (χ0) is 5.15. The Morgan fingerprint density at radius 1 is 1.00 bits per heavy atom. The van der Waals surface area contributed by atoms with Gasteiger partial charge in [0.25, 0.3) is 0 Å². The predicted molar refractivity (Wildman–Crippen MR) is 10.0 cm³/mol. The summed E-state index contributed by atoms with van der Waals surface area (Å²) < 4.78 is 0. The van der Waals surface area contributed by atoms with Crippen molar-refractivity contribution in [2.24, 2.45) is 0 Å². The van der Waals surface area contributed by atoms with E-state index < -0.39 is 11.9 Å². The van der Waals surface area contributed by atoms with Gasteiger partial charge in [-0.3, -0.25) is 0 Å². The minimum absolute atomic E-state index is 0. The molecule has 0 aliphatic heterocycles. The molecule has 0 saturated carbocycles. The van der Waals surface area contributed by atoms with Crippen LogP contribution >= 0.6 is 0 Å². The van der Waals surface area contributed by atoms with Gasteiger partial charge in [-0.05, 0) is 0 Å². The first-order chi connectivity index (χ1) is 2.64. The summed E-state index contributed by atoms with van der Waals surface area (Å²) in [7, 11) is 0. The molecule has 0 fully saturated rings. The standard InChI is InChI=1S/C2H2O4.Cu.Na/c3-1(4)2(5)6;;/h(H,3,4)(H,5,6);;/q;+2;+1/p-2. The van der Waals surface area contributed by atoms with E-state index in [4.69, 9.17) is 19.8 Å². The average Bonchev–Trinajstić information content (AvgIpc) is 1.36. The van der Waals surface area contributed by atoms with Gasteiger partial charge in [-0.1, -0.05) is 0 Å². The van der Waals surface area contributed by atoms with E-state index in [-0.39, 0.29) is 46.6 Å². The van der Waals surface area contributed by atoms with Crippen molar-refractivity contribution in [2.45, 2.75) is 0 Å². The third-order valence-corrected chi connectivity index (χ3v) is 0.167. The number of carbonyl (C=O) groups is 2. The number of rotatable bonds is 0. The van der Waals surface area contributed by atoms with E-state index >= 15 is 0 Å². The summed E-state index contributed by atoms with van der Waals surface area (Å²) in [5.74, 6) is -4.37. The summed E-state index contributed by atoms with van der Waals surface area (Å²) in [6.07, 6.45) is 0. The van der Waals surface area contributed by atoms with Crippen LogP contribution in [-0.2, 0) is 26.7 Å². The van der Waals surface area contributed by atoms with Gasteiger partial charge < -0.3 is 19.8 Å². The van der Waals surface area contributed by atoms with E-state index in [1.165, 1.54) is 0 Å². The van der Waals surface area contributed by atoms with Crippen LogP contribution in [0.4, 0.5) is 0 Å². The van der Waals surface area contributed by atoms with Crippen molar-refractivity contribution >= 4 is 11.9 Å². The van der Waals surface area contributed by atoms with Crippen LogP contribution in [0.5, 0.6) is 0 Å². The van der Waals surface area contributed by atoms with Gasteiger partial charge in [-0.2, -0.15) is 0 Å². The Kier molecular flexibility index (Phi) is 14.7. The van der Waals surface area contributed by atoms with Crippen molar-refractivity contribution in [3.63, 3.8) is 0 Å². The molecule has 0 aromatic rings. The molecule has 0 aliphatic carbocycles. The molecule has 0 bridgehead atoms. The molecule has 0 spiro atoms. The fraction of sp³-hybridized carbons (Fsp3) is 0. The average molecular weight is 175 g/mol. The minimum atomic E-state index is -2.19. The summed E-state index contributed by atoms with van der Waals surface area (Å²) in [5, 5.41) is 17.9. The van der Waals surface area contributed by atoms with Gasteiger partial charge in [0, 0.05) is 0 Å². The summed E-state index contributed by atoms with van der Waals surface area (Å²) in [6.45, 7) is 0. The smallest absolute Gasteiger partial charge is 0.543 e. The second-order valence-corrected chi connectivity index (χ2v) is 0.575. The molecular formula is C2CuNaO4+. The van der Waals surface area contributed by atoms with Gasteiger partial charge in [0.2, 0.25) is 0 Å². The van der Waals surface area contributed by atoms with E-state index in [2.05, 4.69) is 0 Å². The molecule has 43 valence electrons. The number of carboxylic acids is 2. The molecular weight excluding hydrogens is 175 g/mol. The van der Waals surface area contributed by atoms with Crippen LogP contribution in [0.25, 0.3) is 0 Å². The van der Waals surface area contributed by atoms with E-state index in [0.717, 1.165) is 0 Å². The fourth-order valence-electron chi connectivity index (χ4n) is 0. The Labute approximate surface area is 78.0 Å². The van der Waals surface area contributed by atoms with Crippen LogP contribution in [0, 0.1) is 0 Å². The first-order valence-electron chi connectivity index (χ1n) is 1.07. The van der Waals surface area contributed by atoms with Crippen LogP contribution in [-0.4, -0.2) is 11.9 Å². The van der Waals surface area contributed by atoms with Crippen LogP contribution in [0.15, 0.2) is 0 Å². The maximum absolute atomic E-state index is 8.93. The van der Waals surface area contributed by atoms with Crippen molar-refractivity contribution in [2.75, 3.05) is 0 Å². The first kappa shape index (κ1) is 15.8. The minimum Gasteiger partial charge on any atom is -0.543 e.